The Morgan fingerprint density at radius 2 is 1.83 bits per heavy atom. The van der Waals surface area contributed by atoms with Gasteiger partial charge in [0.25, 0.3) is 5.91 Å². The van der Waals surface area contributed by atoms with Crippen molar-refractivity contribution in [1.82, 2.24) is 20.3 Å². The summed E-state index contributed by atoms with van der Waals surface area (Å²) in [4.78, 5) is 29.3. The second kappa shape index (κ2) is 9.14. The van der Waals surface area contributed by atoms with Crippen LogP contribution in [0.2, 0.25) is 0 Å². The molecule has 162 valence electrons. The van der Waals surface area contributed by atoms with Crippen molar-refractivity contribution in [2.24, 2.45) is 0 Å². The number of ether oxygens (including phenoxy) is 1. The van der Waals surface area contributed by atoms with Crippen molar-refractivity contribution >= 4 is 17.8 Å². The largest absolute Gasteiger partial charge is 0.491 e. The van der Waals surface area contributed by atoms with Crippen molar-refractivity contribution < 1.29 is 22.7 Å². The van der Waals surface area contributed by atoms with Gasteiger partial charge in [0, 0.05) is 27.2 Å². The average Bonchev–Trinajstić information content (AvgIpc) is 2.75. The summed E-state index contributed by atoms with van der Waals surface area (Å²) < 4.78 is 46.1. The maximum atomic E-state index is 14.3. The van der Waals surface area contributed by atoms with Crippen LogP contribution < -0.4 is 19.9 Å². The number of hydrogen-bond donors (Lipinski definition) is 1. The molecule has 0 unspecified atom stereocenters. The lowest BCUT2D eigenvalue weighted by Crippen LogP contribution is -2.33. The van der Waals surface area contributed by atoms with E-state index in [-0.39, 0.29) is 12.4 Å². The molecule has 3 rings (SSSR count). The van der Waals surface area contributed by atoms with Gasteiger partial charge in [0.2, 0.25) is 17.7 Å². The Hall–Kier alpha value is -3.11. The number of aromatic nitrogens is 3. The number of anilines is 2. The summed E-state index contributed by atoms with van der Waals surface area (Å²) >= 11 is 0. The van der Waals surface area contributed by atoms with Gasteiger partial charge < -0.3 is 19.9 Å². The van der Waals surface area contributed by atoms with Gasteiger partial charge >= 0.3 is 0 Å². The van der Waals surface area contributed by atoms with Crippen LogP contribution in [-0.2, 0) is 6.54 Å². The molecule has 1 amide bonds. The predicted molar refractivity (Wildman–Crippen MR) is 104 cm³/mol. The molecule has 2 aromatic rings. The first-order valence-electron chi connectivity index (χ1n) is 9.48. The lowest BCUT2D eigenvalue weighted by molar-refractivity contribution is 0.0944. The van der Waals surface area contributed by atoms with Gasteiger partial charge in [-0.25, -0.2) is 8.78 Å². The molecule has 0 radical (unpaired) electrons. The third-order valence-electron chi connectivity index (χ3n) is 4.67. The quantitative estimate of drug-likeness (QED) is 0.713. The smallest absolute Gasteiger partial charge is 0.254 e. The number of carbonyl (C=O) groups is 1. The molecule has 30 heavy (non-hydrogen) atoms. The molecule has 0 aliphatic carbocycles. The van der Waals surface area contributed by atoms with E-state index in [0.29, 0.717) is 18.0 Å². The van der Waals surface area contributed by atoms with Crippen molar-refractivity contribution in [2.75, 3.05) is 44.1 Å². The summed E-state index contributed by atoms with van der Waals surface area (Å²) in [7, 11) is 4.54. The molecule has 8 nitrogen and oxygen atoms in total. The highest BCUT2D eigenvalue weighted by atomic mass is 19.2. The third-order valence-corrected chi connectivity index (χ3v) is 4.67. The Labute approximate surface area is 172 Å². The van der Waals surface area contributed by atoms with Crippen LogP contribution in [0, 0.1) is 17.5 Å². The van der Waals surface area contributed by atoms with E-state index >= 15 is 0 Å². The molecule has 1 fully saturated rings. The number of hydrogen-bond acceptors (Lipinski definition) is 7. The first-order chi connectivity index (χ1) is 14.3. The second-order valence-corrected chi connectivity index (χ2v) is 7.04. The molecule has 0 spiro atoms. The molecule has 1 N–H and O–H groups in total. The van der Waals surface area contributed by atoms with Crippen LogP contribution in [0.1, 0.15) is 35.4 Å². The molecule has 11 heteroatoms. The molecule has 1 aromatic heterocycles. The predicted octanol–water partition coefficient (Wildman–Crippen LogP) is 2.28. The number of piperidine rings is 1. The fourth-order valence-electron chi connectivity index (χ4n) is 3.09. The van der Waals surface area contributed by atoms with E-state index in [0.717, 1.165) is 39.5 Å². The van der Waals surface area contributed by atoms with Gasteiger partial charge in [-0.3, -0.25) is 4.79 Å². The molecule has 0 atom stereocenters. The highest BCUT2D eigenvalue weighted by Gasteiger charge is 2.24. The summed E-state index contributed by atoms with van der Waals surface area (Å²) in [5.41, 5.74) is -0.677. The minimum Gasteiger partial charge on any atom is -0.491 e. The zero-order valence-corrected chi connectivity index (χ0v) is 17.0. The van der Waals surface area contributed by atoms with Crippen molar-refractivity contribution in [1.29, 1.82) is 0 Å². The van der Waals surface area contributed by atoms with Crippen LogP contribution in [0.25, 0.3) is 0 Å². The first kappa shape index (κ1) is 21.6. The number of benzene rings is 1. The van der Waals surface area contributed by atoms with E-state index in [4.69, 9.17) is 0 Å². The SMILES string of the molecule is COc1c(F)c(F)cc(C(=O)NCc2nc(N(C)C)nc(N3CCCCC3)n2)c1F. The number of amides is 1. The number of nitrogens with one attached hydrogen (secondary N) is 1. The van der Waals surface area contributed by atoms with Gasteiger partial charge in [-0.2, -0.15) is 19.3 Å². The van der Waals surface area contributed by atoms with Crippen molar-refractivity contribution in [3.8, 4) is 5.75 Å². The van der Waals surface area contributed by atoms with Crippen LogP contribution in [0.4, 0.5) is 25.1 Å². The van der Waals surface area contributed by atoms with E-state index < -0.39 is 34.7 Å². The monoisotopic (exact) mass is 424 g/mol. The maximum absolute atomic E-state index is 14.3. The minimum absolute atomic E-state index is 0.149. The molecule has 2 heterocycles. The van der Waals surface area contributed by atoms with Crippen molar-refractivity contribution in [2.45, 2.75) is 25.8 Å². The summed E-state index contributed by atoms with van der Waals surface area (Å²) in [6, 6.07) is 0.486. The Morgan fingerprint density at radius 1 is 1.13 bits per heavy atom. The Kier molecular flexibility index (Phi) is 6.58. The number of nitrogens with zero attached hydrogens (tertiary/aromatic N) is 5. The fraction of sp³-hybridized carbons (Fsp3) is 0.474. The van der Waals surface area contributed by atoms with E-state index in [1.54, 1.807) is 19.0 Å². The number of halogens is 3. The molecule has 1 aliphatic heterocycles. The van der Waals surface area contributed by atoms with Gasteiger partial charge in [-0.15, -0.1) is 0 Å². The highest BCUT2D eigenvalue weighted by molar-refractivity contribution is 5.94. The number of carbonyl (C=O) groups excluding carboxylic acids is 1. The highest BCUT2D eigenvalue weighted by Crippen LogP contribution is 2.27. The zero-order valence-electron chi connectivity index (χ0n) is 17.0. The molecule has 1 aromatic carbocycles. The minimum atomic E-state index is -1.49. The van der Waals surface area contributed by atoms with E-state index in [1.165, 1.54) is 0 Å². The van der Waals surface area contributed by atoms with E-state index in [9.17, 15) is 18.0 Å². The Morgan fingerprint density at radius 3 is 2.47 bits per heavy atom. The van der Waals surface area contributed by atoms with Crippen LogP contribution in [0.5, 0.6) is 5.75 Å². The lowest BCUT2D eigenvalue weighted by atomic mass is 10.1. The number of methoxy groups -OCH3 is 1. The average molecular weight is 424 g/mol. The molecule has 0 saturated carbocycles. The van der Waals surface area contributed by atoms with E-state index in [1.807, 2.05) is 4.90 Å². The van der Waals surface area contributed by atoms with Gasteiger partial charge in [0.1, 0.15) is 0 Å². The Bertz CT molecular complexity index is 935. The first-order valence-corrected chi connectivity index (χ1v) is 9.48. The third kappa shape index (κ3) is 4.55. The summed E-state index contributed by atoms with van der Waals surface area (Å²) in [5.74, 6) is -4.90. The summed E-state index contributed by atoms with van der Waals surface area (Å²) in [6.45, 7) is 1.49. The molecular formula is C19H23F3N6O2. The van der Waals surface area contributed by atoms with Crippen LogP contribution in [0.3, 0.4) is 0 Å². The molecule has 0 bridgehead atoms. The van der Waals surface area contributed by atoms with Gasteiger partial charge in [-0.1, -0.05) is 0 Å². The summed E-state index contributed by atoms with van der Waals surface area (Å²) in [6.07, 6.45) is 3.22. The topological polar surface area (TPSA) is 83.5 Å². The van der Waals surface area contributed by atoms with Gasteiger partial charge in [0.05, 0.1) is 19.2 Å². The van der Waals surface area contributed by atoms with Crippen LogP contribution in [-0.4, -0.2) is 55.2 Å². The Balaban J connectivity index is 1.82. The fourth-order valence-corrected chi connectivity index (χ4v) is 3.09. The normalized spacial score (nSPS) is 13.9. The van der Waals surface area contributed by atoms with Crippen LogP contribution in [0.15, 0.2) is 6.07 Å². The zero-order chi connectivity index (χ0) is 21.8. The van der Waals surface area contributed by atoms with Crippen LogP contribution >= 0.6 is 0 Å². The summed E-state index contributed by atoms with van der Waals surface area (Å²) in [5, 5.41) is 2.44. The molecule has 1 saturated heterocycles. The molecule has 1 aliphatic rings. The maximum Gasteiger partial charge on any atom is 0.254 e. The number of rotatable bonds is 6. The lowest BCUT2D eigenvalue weighted by Gasteiger charge is -2.27. The molecular weight excluding hydrogens is 401 g/mol. The van der Waals surface area contributed by atoms with Gasteiger partial charge in [0.15, 0.2) is 23.2 Å². The standard InChI is InChI=1S/C19H23F3N6O2/c1-27(2)18-24-13(25-19(26-18)28-7-5-4-6-8-28)10-23-17(29)11-9-12(20)15(22)16(30-3)14(11)21/h9H,4-8,10H2,1-3H3,(H,23,29). The second-order valence-electron chi connectivity index (χ2n) is 7.04. The van der Waals surface area contributed by atoms with E-state index in [2.05, 4.69) is 25.0 Å². The van der Waals surface area contributed by atoms with Crippen molar-refractivity contribution in [3.63, 3.8) is 0 Å². The van der Waals surface area contributed by atoms with Gasteiger partial charge in [-0.05, 0) is 25.3 Å². The van der Waals surface area contributed by atoms with Crippen molar-refractivity contribution in [3.05, 3.63) is 34.9 Å².